The topological polar surface area (TPSA) is 71.3 Å². The molecule has 3 heterocycles. The van der Waals surface area contributed by atoms with Gasteiger partial charge in [-0.1, -0.05) is 41.0 Å². The Bertz CT molecular complexity index is 1370. The van der Waals surface area contributed by atoms with Crippen LogP contribution in [0, 0.1) is 12.7 Å². The predicted octanol–water partition coefficient (Wildman–Crippen LogP) is 6.60. The molecule has 0 aliphatic carbocycles. The van der Waals surface area contributed by atoms with Crippen LogP contribution in [0.25, 0.3) is 16.3 Å². The monoisotopic (exact) mass is 480 g/mol. The smallest absolute Gasteiger partial charge is 0.326 e. The van der Waals surface area contributed by atoms with Gasteiger partial charge in [0, 0.05) is 10.7 Å². The van der Waals surface area contributed by atoms with Crippen molar-refractivity contribution in [3.63, 3.8) is 0 Å². The van der Waals surface area contributed by atoms with Crippen LogP contribution in [0.4, 0.5) is 14.9 Å². The minimum absolute atomic E-state index is 0.272. The van der Waals surface area contributed by atoms with Crippen molar-refractivity contribution >= 4 is 40.2 Å². The molecule has 33 heavy (non-hydrogen) atoms. The molecule has 0 spiro atoms. The van der Waals surface area contributed by atoms with Crippen molar-refractivity contribution in [2.75, 3.05) is 4.90 Å². The highest BCUT2D eigenvalue weighted by Gasteiger charge is 2.36. The number of carbonyl (C=O) groups excluding carboxylic acids is 1. The summed E-state index contributed by atoms with van der Waals surface area (Å²) in [4.78, 5) is 20.2. The fourth-order valence-electron chi connectivity index (χ4n) is 3.80. The lowest BCUT2D eigenvalue weighted by molar-refractivity contribution is 0.244. The fraction of sp³-hybridized carbons (Fsp3) is 0.125. The summed E-state index contributed by atoms with van der Waals surface area (Å²) in [5.74, 6) is 0.366. The third kappa shape index (κ3) is 3.92. The first-order valence-corrected chi connectivity index (χ1v) is 11.4. The molecule has 2 aromatic heterocycles. The number of aromatic nitrogens is 2. The van der Waals surface area contributed by atoms with Gasteiger partial charge in [0.2, 0.25) is 5.82 Å². The number of aryl methyl sites for hydroxylation is 1. The van der Waals surface area contributed by atoms with Crippen molar-refractivity contribution < 1.29 is 13.7 Å². The van der Waals surface area contributed by atoms with Gasteiger partial charge < -0.3 is 9.84 Å². The molecule has 2 aromatic carbocycles. The molecular formula is C24H18ClFN4O2S. The third-order valence-corrected chi connectivity index (χ3v) is 6.77. The van der Waals surface area contributed by atoms with E-state index in [4.69, 9.17) is 16.1 Å². The number of anilines is 1. The first kappa shape index (κ1) is 21.4. The van der Waals surface area contributed by atoms with Gasteiger partial charge in [-0.15, -0.1) is 11.3 Å². The summed E-state index contributed by atoms with van der Waals surface area (Å²) in [5, 5.41) is 9.61. The number of amides is 2. The maximum Gasteiger partial charge on any atom is 0.326 e. The molecule has 0 saturated carbocycles. The lowest BCUT2D eigenvalue weighted by Gasteiger charge is -2.35. The number of rotatable bonds is 4. The van der Waals surface area contributed by atoms with Crippen molar-refractivity contribution in [1.82, 2.24) is 15.5 Å². The van der Waals surface area contributed by atoms with Gasteiger partial charge in [0.15, 0.2) is 0 Å². The van der Waals surface area contributed by atoms with Gasteiger partial charge >= 0.3 is 6.03 Å². The molecule has 1 aliphatic rings. The van der Waals surface area contributed by atoms with Crippen LogP contribution in [0.15, 0.2) is 70.2 Å². The van der Waals surface area contributed by atoms with E-state index in [1.807, 2.05) is 43.5 Å². The van der Waals surface area contributed by atoms with Gasteiger partial charge in [0.1, 0.15) is 5.82 Å². The van der Waals surface area contributed by atoms with Gasteiger partial charge in [0.25, 0.3) is 5.89 Å². The predicted molar refractivity (Wildman–Crippen MR) is 127 cm³/mol. The number of thiophene rings is 1. The normalized spacial score (nSPS) is 16.3. The number of nitrogens with zero attached hydrogens (tertiary/aromatic N) is 3. The zero-order chi connectivity index (χ0) is 23.1. The Balaban J connectivity index is 1.67. The van der Waals surface area contributed by atoms with E-state index < -0.39 is 6.04 Å². The molecule has 1 aliphatic heterocycles. The number of carbonyl (C=O) groups is 1. The number of halogens is 2. The van der Waals surface area contributed by atoms with Crippen LogP contribution in [0.5, 0.6) is 0 Å². The number of hydrogen-bond acceptors (Lipinski definition) is 5. The first-order chi connectivity index (χ1) is 15.9. The van der Waals surface area contributed by atoms with Crippen LogP contribution in [0.1, 0.15) is 30.0 Å². The summed E-state index contributed by atoms with van der Waals surface area (Å²) in [6.45, 7) is 3.71. The standard InChI is InChI=1S/C24H18ClFN4O2S/c1-13-5-10-17(12-18(13)25)30-14(2)20(23-28-22(29-32-23)19-4-3-11-33-19)21(27-24(30)31)15-6-8-16(26)9-7-15/h3-12,21H,1-2H3,(H,27,31). The van der Waals surface area contributed by atoms with Gasteiger partial charge in [-0.2, -0.15) is 4.98 Å². The molecule has 9 heteroatoms. The second-order valence-electron chi connectivity index (χ2n) is 7.60. The van der Waals surface area contributed by atoms with Crippen LogP contribution in [-0.2, 0) is 0 Å². The van der Waals surface area contributed by atoms with Gasteiger partial charge in [-0.3, -0.25) is 4.90 Å². The second-order valence-corrected chi connectivity index (χ2v) is 8.96. The maximum atomic E-state index is 13.6. The van der Waals surface area contributed by atoms with Crippen molar-refractivity contribution in [3.05, 3.63) is 93.5 Å². The largest absolute Gasteiger partial charge is 0.334 e. The highest BCUT2D eigenvalue weighted by molar-refractivity contribution is 7.13. The Hall–Kier alpha value is -3.49. The lowest BCUT2D eigenvalue weighted by Crippen LogP contribution is -2.46. The third-order valence-electron chi connectivity index (χ3n) is 5.50. The van der Waals surface area contributed by atoms with E-state index in [1.165, 1.54) is 28.4 Å². The van der Waals surface area contributed by atoms with E-state index in [2.05, 4.69) is 15.5 Å². The highest BCUT2D eigenvalue weighted by atomic mass is 35.5. The average molecular weight is 481 g/mol. The number of allylic oxidation sites excluding steroid dienone is 1. The summed E-state index contributed by atoms with van der Waals surface area (Å²) in [5.41, 5.74) is 3.43. The highest BCUT2D eigenvalue weighted by Crippen LogP contribution is 2.40. The molecule has 0 fully saturated rings. The SMILES string of the molecule is CC1=C(c2nc(-c3cccs3)no2)C(c2ccc(F)cc2)NC(=O)N1c1ccc(C)c(Cl)c1. The number of urea groups is 1. The number of nitrogens with one attached hydrogen (secondary N) is 1. The van der Waals surface area contributed by atoms with E-state index in [-0.39, 0.29) is 17.7 Å². The Morgan fingerprint density at radius 3 is 2.64 bits per heavy atom. The van der Waals surface area contributed by atoms with Crippen LogP contribution in [0.2, 0.25) is 5.02 Å². The van der Waals surface area contributed by atoms with Crippen LogP contribution >= 0.6 is 22.9 Å². The Labute approximate surface area is 198 Å². The van der Waals surface area contributed by atoms with Gasteiger partial charge in [-0.25, -0.2) is 9.18 Å². The fourth-order valence-corrected chi connectivity index (χ4v) is 4.62. The molecule has 4 aromatic rings. The molecule has 166 valence electrons. The molecule has 6 nitrogen and oxygen atoms in total. The van der Waals surface area contributed by atoms with Crippen LogP contribution in [0.3, 0.4) is 0 Å². The molecule has 2 amide bonds. The Morgan fingerprint density at radius 2 is 1.94 bits per heavy atom. The zero-order valence-corrected chi connectivity index (χ0v) is 19.2. The second kappa shape index (κ2) is 8.46. The zero-order valence-electron chi connectivity index (χ0n) is 17.7. The molecule has 1 unspecified atom stereocenters. The average Bonchev–Trinajstić information content (AvgIpc) is 3.48. The first-order valence-electron chi connectivity index (χ1n) is 10.1. The van der Waals surface area contributed by atoms with Gasteiger partial charge in [-0.05, 0) is 60.7 Å². The minimum Gasteiger partial charge on any atom is -0.334 e. The van der Waals surface area contributed by atoms with Crippen molar-refractivity contribution in [1.29, 1.82) is 0 Å². The number of hydrogen-bond donors (Lipinski definition) is 1. The molecule has 5 rings (SSSR count). The molecule has 1 N–H and O–H groups in total. The number of benzene rings is 2. The van der Waals surface area contributed by atoms with E-state index in [0.717, 1.165) is 10.4 Å². The van der Waals surface area contributed by atoms with E-state index in [1.54, 1.807) is 18.2 Å². The maximum absolute atomic E-state index is 13.6. The van der Waals surface area contributed by atoms with Crippen molar-refractivity contribution in [2.24, 2.45) is 0 Å². The van der Waals surface area contributed by atoms with E-state index in [9.17, 15) is 9.18 Å². The van der Waals surface area contributed by atoms with Crippen LogP contribution in [-0.4, -0.2) is 16.2 Å². The Kier molecular flexibility index (Phi) is 5.47. The summed E-state index contributed by atoms with van der Waals surface area (Å²) < 4.78 is 19.2. The van der Waals surface area contributed by atoms with E-state index >= 15 is 0 Å². The summed E-state index contributed by atoms with van der Waals surface area (Å²) in [7, 11) is 0. The molecular weight excluding hydrogens is 463 g/mol. The summed E-state index contributed by atoms with van der Waals surface area (Å²) in [6, 6.07) is 14.2. The van der Waals surface area contributed by atoms with E-state index in [0.29, 0.717) is 33.4 Å². The molecule has 1 atom stereocenters. The van der Waals surface area contributed by atoms with Gasteiger partial charge in [0.05, 0.1) is 22.2 Å². The molecule has 0 radical (unpaired) electrons. The van der Waals surface area contributed by atoms with Crippen LogP contribution < -0.4 is 10.2 Å². The minimum atomic E-state index is -0.605. The quantitative estimate of drug-likeness (QED) is 0.357. The van der Waals surface area contributed by atoms with Crippen molar-refractivity contribution in [2.45, 2.75) is 19.9 Å². The lowest BCUT2D eigenvalue weighted by atomic mass is 9.94. The Morgan fingerprint density at radius 1 is 1.15 bits per heavy atom. The van der Waals surface area contributed by atoms with Crippen molar-refractivity contribution in [3.8, 4) is 10.7 Å². The molecule has 0 bridgehead atoms. The molecule has 0 saturated heterocycles. The summed E-state index contributed by atoms with van der Waals surface area (Å²) >= 11 is 7.83. The summed E-state index contributed by atoms with van der Waals surface area (Å²) in [6.07, 6.45) is 0.